The molecule has 1 amide bonds. The Morgan fingerprint density at radius 2 is 2.17 bits per heavy atom. The van der Waals surface area contributed by atoms with Crippen molar-refractivity contribution < 1.29 is 4.79 Å². The Bertz CT molecular complexity index is 905. The summed E-state index contributed by atoms with van der Waals surface area (Å²) in [6, 6.07) is 7.19. The van der Waals surface area contributed by atoms with Gasteiger partial charge < -0.3 is 0 Å². The fraction of sp³-hybridized carbons (Fsp3) is 0.214. The molecule has 3 aromatic rings. The van der Waals surface area contributed by atoms with Gasteiger partial charge in [0.2, 0.25) is 11.0 Å². The molecule has 3 rings (SSSR count). The van der Waals surface area contributed by atoms with E-state index in [0.717, 1.165) is 10.1 Å². The molecular weight excluding hydrogens is 334 g/mol. The maximum atomic E-state index is 12.2. The number of carbonyl (C=O) groups excluding carboxylic acids is 1. The van der Waals surface area contributed by atoms with Gasteiger partial charge in [-0.3, -0.25) is 19.5 Å². The van der Waals surface area contributed by atoms with E-state index in [4.69, 9.17) is 0 Å². The van der Waals surface area contributed by atoms with Crippen molar-refractivity contribution >= 4 is 45.2 Å². The van der Waals surface area contributed by atoms with Gasteiger partial charge in [0.1, 0.15) is 6.54 Å². The lowest BCUT2D eigenvalue weighted by molar-refractivity contribution is -0.116. The fourth-order valence-corrected chi connectivity index (χ4v) is 3.69. The molecule has 0 unspecified atom stereocenters. The van der Waals surface area contributed by atoms with E-state index >= 15 is 0 Å². The van der Waals surface area contributed by atoms with Gasteiger partial charge in [-0.25, -0.2) is 4.98 Å². The average molecular weight is 347 g/mol. The van der Waals surface area contributed by atoms with Crippen LogP contribution in [0.25, 0.3) is 11.0 Å². The molecule has 0 saturated carbocycles. The lowest BCUT2D eigenvalue weighted by Gasteiger charge is -2.08. The second-order valence-electron chi connectivity index (χ2n) is 4.53. The minimum Gasteiger partial charge on any atom is -0.299 e. The number of hydrogen-bond donors (Lipinski definition) is 1. The molecule has 1 N–H and O–H groups in total. The number of aromatic nitrogens is 4. The van der Waals surface area contributed by atoms with E-state index in [0.29, 0.717) is 16.2 Å². The summed E-state index contributed by atoms with van der Waals surface area (Å²) in [6.07, 6.45) is 1.22. The second kappa shape index (κ2) is 6.88. The third-order valence-electron chi connectivity index (χ3n) is 2.97. The number of nitrogens with one attached hydrogen (secondary N) is 1. The first kappa shape index (κ1) is 15.6. The first-order chi connectivity index (χ1) is 11.2. The van der Waals surface area contributed by atoms with E-state index < -0.39 is 0 Å². The van der Waals surface area contributed by atoms with Crippen molar-refractivity contribution in [2.24, 2.45) is 0 Å². The van der Waals surface area contributed by atoms with Crippen LogP contribution in [0.4, 0.5) is 5.13 Å². The molecule has 0 spiro atoms. The summed E-state index contributed by atoms with van der Waals surface area (Å²) < 4.78 is 2.19. The van der Waals surface area contributed by atoms with E-state index in [-0.39, 0.29) is 18.0 Å². The number of anilines is 1. The van der Waals surface area contributed by atoms with Crippen LogP contribution < -0.4 is 10.9 Å². The van der Waals surface area contributed by atoms with Crippen LogP contribution in [-0.4, -0.2) is 31.4 Å². The number of carbonyl (C=O) groups is 1. The number of para-hydroxylation sites is 2. The van der Waals surface area contributed by atoms with E-state index in [1.165, 1.54) is 22.1 Å². The standard InChI is InChI=1S/C14H13N5O2S2/c1-2-22-14-18-17-13(23-14)16-11(20)8-19-10-6-4-3-5-9(10)15-7-12(19)21/h3-7H,2,8H2,1H3,(H,16,17,20). The van der Waals surface area contributed by atoms with Gasteiger partial charge in [-0.15, -0.1) is 10.2 Å². The molecule has 0 fully saturated rings. The van der Waals surface area contributed by atoms with Gasteiger partial charge in [0, 0.05) is 0 Å². The number of benzene rings is 1. The molecular formula is C14H13N5O2S2. The Hall–Kier alpha value is -2.26. The zero-order valence-electron chi connectivity index (χ0n) is 12.2. The first-order valence-electron chi connectivity index (χ1n) is 6.88. The molecule has 2 aromatic heterocycles. The highest BCUT2D eigenvalue weighted by Gasteiger charge is 2.11. The number of nitrogens with zero attached hydrogens (tertiary/aromatic N) is 4. The highest BCUT2D eigenvalue weighted by atomic mass is 32.2. The molecule has 7 nitrogen and oxygen atoms in total. The second-order valence-corrected chi connectivity index (χ2v) is 7.01. The van der Waals surface area contributed by atoms with Gasteiger partial charge in [0.15, 0.2) is 4.34 Å². The fourth-order valence-electron chi connectivity index (χ4n) is 2.02. The van der Waals surface area contributed by atoms with Crippen LogP contribution in [0, 0.1) is 0 Å². The summed E-state index contributed by atoms with van der Waals surface area (Å²) >= 11 is 2.87. The van der Waals surface area contributed by atoms with Crippen molar-refractivity contribution in [2.45, 2.75) is 17.8 Å². The average Bonchev–Trinajstić information content (AvgIpc) is 2.97. The Morgan fingerprint density at radius 3 is 3.00 bits per heavy atom. The SMILES string of the molecule is CCSc1nnc(NC(=O)Cn2c(=O)cnc3ccccc32)s1. The maximum absolute atomic E-state index is 12.2. The first-order valence-corrected chi connectivity index (χ1v) is 8.68. The molecule has 0 aliphatic heterocycles. The molecule has 0 aliphatic carbocycles. The summed E-state index contributed by atoms with van der Waals surface area (Å²) in [5.74, 6) is 0.564. The largest absolute Gasteiger partial charge is 0.299 e. The van der Waals surface area contributed by atoms with Crippen LogP contribution in [0.1, 0.15) is 6.92 Å². The van der Waals surface area contributed by atoms with Gasteiger partial charge in [0.05, 0.1) is 17.2 Å². The predicted molar refractivity (Wildman–Crippen MR) is 90.9 cm³/mol. The van der Waals surface area contributed by atoms with Crippen LogP contribution in [-0.2, 0) is 11.3 Å². The van der Waals surface area contributed by atoms with Gasteiger partial charge >= 0.3 is 0 Å². The van der Waals surface area contributed by atoms with Crippen LogP contribution >= 0.6 is 23.1 Å². The number of thioether (sulfide) groups is 1. The van der Waals surface area contributed by atoms with Crippen LogP contribution in [0.15, 0.2) is 39.6 Å². The highest BCUT2D eigenvalue weighted by Crippen LogP contribution is 2.24. The van der Waals surface area contributed by atoms with Crippen LogP contribution in [0.2, 0.25) is 0 Å². The van der Waals surface area contributed by atoms with Gasteiger partial charge in [0.25, 0.3) is 5.56 Å². The normalized spacial score (nSPS) is 10.8. The number of hydrogen-bond acceptors (Lipinski definition) is 7. The maximum Gasteiger partial charge on any atom is 0.269 e. The summed E-state index contributed by atoms with van der Waals surface area (Å²) in [6.45, 7) is 1.92. The summed E-state index contributed by atoms with van der Waals surface area (Å²) in [5.41, 5.74) is 0.963. The molecule has 118 valence electrons. The summed E-state index contributed by atoms with van der Waals surface area (Å²) in [7, 11) is 0. The predicted octanol–water partition coefficient (Wildman–Crippen LogP) is 2.00. The minimum absolute atomic E-state index is 0.0995. The van der Waals surface area contributed by atoms with Gasteiger partial charge in [-0.05, 0) is 17.9 Å². The van der Waals surface area contributed by atoms with E-state index in [9.17, 15) is 9.59 Å². The third kappa shape index (κ3) is 3.57. The smallest absolute Gasteiger partial charge is 0.269 e. The molecule has 0 atom stereocenters. The van der Waals surface area contributed by atoms with Crippen LogP contribution in [0.3, 0.4) is 0 Å². The molecule has 0 saturated heterocycles. The number of rotatable bonds is 5. The van der Waals surface area contributed by atoms with Crippen molar-refractivity contribution in [3.8, 4) is 0 Å². The molecule has 0 aliphatic rings. The summed E-state index contributed by atoms with van der Waals surface area (Å²) in [5, 5.41) is 11.0. The quantitative estimate of drug-likeness (QED) is 0.561. The molecule has 9 heteroatoms. The Labute approximate surface area is 139 Å². The van der Waals surface area contributed by atoms with E-state index in [2.05, 4.69) is 20.5 Å². The minimum atomic E-state index is -0.326. The van der Waals surface area contributed by atoms with Gasteiger partial charge in [-0.1, -0.05) is 42.2 Å². The monoisotopic (exact) mass is 347 g/mol. The summed E-state index contributed by atoms with van der Waals surface area (Å²) in [4.78, 5) is 28.3. The molecule has 0 radical (unpaired) electrons. The zero-order chi connectivity index (χ0) is 16.2. The van der Waals surface area contributed by atoms with Crippen LogP contribution in [0.5, 0.6) is 0 Å². The Balaban J connectivity index is 1.80. The zero-order valence-corrected chi connectivity index (χ0v) is 13.9. The highest BCUT2D eigenvalue weighted by molar-refractivity contribution is 8.01. The molecule has 1 aromatic carbocycles. The number of fused-ring (bicyclic) bond motifs is 1. The Kier molecular flexibility index (Phi) is 4.68. The molecule has 2 heterocycles. The van der Waals surface area contributed by atoms with Crippen molar-refractivity contribution in [3.63, 3.8) is 0 Å². The topological polar surface area (TPSA) is 89.8 Å². The lowest BCUT2D eigenvalue weighted by atomic mass is 10.3. The Morgan fingerprint density at radius 1 is 1.35 bits per heavy atom. The molecule has 23 heavy (non-hydrogen) atoms. The number of amides is 1. The van der Waals surface area contributed by atoms with Gasteiger partial charge in [-0.2, -0.15) is 0 Å². The van der Waals surface area contributed by atoms with Crippen molar-refractivity contribution in [1.29, 1.82) is 0 Å². The van der Waals surface area contributed by atoms with Crippen molar-refractivity contribution in [1.82, 2.24) is 19.7 Å². The van der Waals surface area contributed by atoms with E-state index in [1.807, 2.05) is 13.0 Å². The molecule has 0 bridgehead atoms. The third-order valence-corrected chi connectivity index (χ3v) is 4.83. The van der Waals surface area contributed by atoms with Crippen molar-refractivity contribution in [2.75, 3.05) is 11.1 Å². The van der Waals surface area contributed by atoms with E-state index in [1.54, 1.807) is 30.0 Å². The lowest BCUT2D eigenvalue weighted by Crippen LogP contribution is -2.27. The van der Waals surface area contributed by atoms with Crippen molar-refractivity contribution in [3.05, 3.63) is 40.8 Å².